The van der Waals surface area contributed by atoms with Crippen LogP contribution in [0, 0.1) is 11.7 Å². The lowest BCUT2D eigenvalue weighted by Crippen LogP contribution is -2.29. The van der Waals surface area contributed by atoms with Crippen LogP contribution in [0.15, 0.2) is 18.2 Å². The second-order valence-corrected chi connectivity index (χ2v) is 5.35. The van der Waals surface area contributed by atoms with Gasteiger partial charge in [-0.05, 0) is 37.9 Å². The molecule has 0 aromatic heterocycles. The second kappa shape index (κ2) is 8.16. The van der Waals surface area contributed by atoms with E-state index >= 15 is 0 Å². The first kappa shape index (κ1) is 16.0. The van der Waals surface area contributed by atoms with E-state index in [1.807, 2.05) is 6.07 Å². The Balaban J connectivity index is 2.93. The topological polar surface area (TPSA) is 15.3 Å². The van der Waals surface area contributed by atoms with E-state index in [-0.39, 0.29) is 5.82 Å². The predicted molar refractivity (Wildman–Crippen MR) is 81.1 cm³/mol. The largest absolute Gasteiger partial charge is 0.371 e. The molecule has 0 spiro atoms. The van der Waals surface area contributed by atoms with Crippen molar-refractivity contribution in [2.45, 2.75) is 40.7 Å². The number of rotatable bonds is 8. The molecule has 0 atom stereocenters. The van der Waals surface area contributed by atoms with Crippen molar-refractivity contribution in [3.05, 3.63) is 29.6 Å². The van der Waals surface area contributed by atoms with E-state index in [1.54, 1.807) is 12.1 Å². The van der Waals surface area contributed by atoms with Crippen LogP contribution in [0.5, 0.6) is 0 Å². The quantitative estimate of drug-likeness (QED) is 0.720. The minimum absolute atomic E-state index is 0.108. The summed E-state index contributed by atoms with van der Waals surface area (Å²) in [4.78, 5) is 2.26. The summed E-state index contributed by atoms with van der Waals surface area (Å²) in [6.45, 7) is 12.0. The van der Waals surface area contributed by atoms with E-state index in [9.17, 15) is 4.39 Å². The highest BCUT2D eigenvalue weighted by Gasteiger charge is 2.14. The predicted octanol–water partition coefficient (Wildman–Crippen LogP) is 3.81. The normalized spacial score (nSPS) is 11.1. The molecule has 0 aliphatic heterocycles. The molecule has 1 aromatic rings. The maximum Gasteiger partial charge on any atom is 0.129 e. The van der Waals surface area contributed by atoms with E-state index in [4.69, 9.17) is 0 Å². The van der Waals surface area contributed by atoms with Crippen molar-refractivity contribution in [3.8, 4) is 0 Å². The monoisotopic (exact) mass is 266 g/mol. The van der Waals surface area contributed by atoms with Gasteiger partial charge >= 0.3 is 0 Å². The van der Waals surface area contributed by atoms with Crippen LogP contribution < -0.4 is 10.2 Å². The highest BCUT2D eigenvalue weighted by Crippen LogP contribution is 2.24. The van der Waals surface area contributed by atoms with Crippen molar-refractivity contribution in [2.24, 2.45) is 5.92 Å². The van der Waals surface area contributed by atoms with Crippen LogP contribution in [0.4, 0.5) is 10.1 Å². The third-order valence-corrected chi connectivity index (χ3v) is 3.13. The molecule has 0 amide bonds. The van der Waals surface area contributed by atoms with Gasteiger partial charge in [0.05, 0.1) is 0 Å². The van der Waals surface area contributed by atoms with Gasteiger partial charge in [-0.2, -0.15) is 0 Å². The van der Waals surface area contributed by atoms with Gasteiger partial charge in [-0.25, -0.2) is 4.39 Å². The Kier molecular flexibility index (Phi) is 6.85. The maximum atomic E-state index is 14.0. The van der Waals surface area contributed by atoms with Crippen molar-refractivity contribution in [1.82, 2.24) is 5.32 Å². The molecule has 2 nitrogen and oxygen atoms in total. The van der Waals surface area contributed by atoms with Crippen molar-refractivity contribution in [1.29, 1.82) is 0 Å². The minimum atomic E-state index is -0.108. The highest BCUT2D eigenvalue weighted by atomic mass is 19.1. The molecule has 3 heteroatoms. The zero-order chi connectivity index (χ0) is 14.3. The van der Waals surface area contributed by atoms with Gasteiger partial charge in [0.2, 0.25) is 0 Å². The average molecular weight is 266 g/mol. The lowest BCUT2D eigenvalue weighted by Gasteiger charge is -2.28. The number of hydrogen-bond acceptors (Lipinski definition) is 2. The summed E-state index contributed by atoms with van der Waals surface area (Å²) in [6.07, 6.45) is 1.06. The molecule has 0 aliphatic rings. The molecular weight excluding hydrogens is 239 g/mol. The molecule has 0 radical (unpaired) electrons. The Labute approximate surface area is 117 Å². The first-order valence-corrected chi connectivity index (χ1v) is 7.33. The molecule has 0 aliphatic carbocycles. The van der Waals surface area contributed by atoms with Gasteiger partial charge in [0.25, 0.3) is 0 Å². The molecule has 1 aromatic carbocycles. The fourth-order valence-electron chi connectivity index (χ4n) is 2.25. The summed E-state index contributed by atoms with van der Waals surface area (Å²) >= 11 is 0. The van der Waals surface area contributed by atoms with E-state index < -0.39 is 0 Å². The summed E-state index contributed by atoms with van der Waals surface area (Å²) in [5.41, 5.74) is 1.82. The molecule has 108 valence electrons. The molecule has 0 fully saturated rings. The molecule has 0 saturated carbocycles. The summed E-state index contributed by atoms with van der Waals surface area (Å²) in [5.74, 6) is 0.461. The maximum absolute atomic E-state index is 14.0. The molecule has 1 N–H and O–H groups in total. The van der Waals surface area contributed by atoms with Crippen LogP contribution in [0.1, 0.15) is 39.7 Å². The number of anilines is 1. The molecule has 0 saturated heterocycles. The van der Waals surface area contributed by atoms with Gasteiger partial charge in [-0.1, -0.05) is 26.8 Å². The van der Waals surface area contributed by atoms with Crippen molar-refractivity contribution in [3.63, 3.8) is 0 Å². The van der Waals surface area contributed by atoms with Gasteiger partial charge in [0.1, 0.15) is 5.82 Å². The molecular formula is C16H27FN2. The number of halogens is 1. The SMILES string of the molecule is CCCNCc1c(F)cccc1N(CC)CC(C)C. The first-order chi connectivity index (χ1) is 9.10. The van der Waals surface area contributed by atoms with Crippen LogP contribution in [-0.2, 0) is 6.54 Å². The highest BCUT2D eigenvalue weighted by molar-refractivity contribution is 5.54. The zero-order valence-corrected chi connectivity index (χ0v) is 12.7. The van der Waals surface area contributed by atoms with Gasteiger partial charge in [-0.15, -0.1) is 0 Å². The van der Waals surface area contributed by atoms with Crippen LogP contribution in [-0.4, -0.2) is 19.6 Å². The van der Waals surface area contributed by atoms with E-state index in [2.05, 4.69) is 37.9 Å². The van der Waals surface area contributed by atoms with E-state index in [0.717, 1.165) is 37.3 Å². The molecule has 0 heterocycles. The molecule has 19 heavy (non-hydrogen) atoms. The lowest BCUT2D eigenvalue weighted by atomic mass is 10.1. The number of nitrogens with zero attached hydrogens (tertiary/aromatic N) is 1. The Bertz CT molecular complexity index is 377. The number of nitrogens with one attached hydrogen (secondary N) is 1. The van der Waals surface area contributed by atoms with Gasteiger partial charge in [0.15, 0.2) is 0 Å². The Morgan fingerprint density at radius 2 is 2.00 bits per heavy atom. The van der Waals surface area contributed by atoms with Gasteiger partial charge < -0.3 is 10.2 Å². The minimum Gasteiger partial charge on any atom is -0.371 e. The third-order valence-electron chi connectivity index (χ3n) is 3.13. The zero-order valence-electron chi connectivity index (χ0n) is 12.7. The van der Waals surface area contributed by atoms with Crippen LogP contribution in [0.25, 0.3) is 0 Å². The lowest BCUT2D eigenvalue weighted by molar-refractivity contribution is 0.576. The smallest absolute Gasteiger partial charge is 0.129 e. The summed E-state index contributed by atoms with van der Waals surface area (Å²) in [6, 6.07) is 5.38. The van der Waals surface area contributed by atoms with Crippen molar-refractivity contribution in [2.75, 3.05) is 24.5 Å². The van der Waals surface area contributed by atoms with Crippen molar-refractivity contribution >= 4 is 5.69 Å². The summed E-state index contributed by atoms with van der Waals surface area (Å²) in [7, 11) is 0. The molecule has 0 unspecified atom stereocenters. The standard InChI is InChI=1S/C16H27FN2/c1-5-10-18-11-14-15(17)8-7-9-16(14)19(6-2)12-13(3)4/h7-9,13,18H,5-6,10-12H2,1-4H3. The third kappa shape index (κ3) is 4.83. The fraction of sp³-hybridized carbons (Fsp3) is 0.625. The Hall–Kier alpha value is -1.09. The fourth-order valence-corrected chi connectivity index (χ4v) is 2.25. The van der Waals surface area contributed by atoms with Gasteiger partial charge in [0, 0.05) is 30.9 Å². The average Bonchev–Trinajstić information content (AvgIpc) is 2.38. The van der Waals surface area contributed by atoms with Crippen molar-refractivity contribution < 1.29 is 4.39 Å². The van der Waals surface area contributed by atoms with Crippen LogP contribution in [0.3, 0.4) is 0 Å². The molecule has 1 rings (SSSR count). The van der Waals surface area contributed by atoms with E-state index in [0.29, 0.717) is 12.5 Å². The molecule has 0 bridgehead atoms. The number of hydrogen-bond donors (Lipinski definition) is 1. The summed E-state index contributed by atoms with van der Waals surface area (Å²) in [5, 5.41) is 3.30. The Morgan fingerprint density at radius 1 is 1.26 bits per heavy atom. The first-order valence-electron chi connectivity index (χ1n) is 7.33. The number of benzene rings is 1. The second-order valence-electron chi connectivity index (χ2n) is 5.35. The van der Waals surface area contributed by atoms with Crippen LogP contribution in [0.2, 0.25) is 0 Å². The summed E-state index contributed by atoms with van der Waals surface area (Å²) < 4.78 is 14.0. The Morgan fingerprint density at radius 3 is 2.58 bits per heavy atom. The van der Waals surface area contributed by atoms with E-state index in [1.165, 1.54) is 0 Å². The van der Waals surface area contributed by atoms with Gasteiger partial charge in [-0.3, -0.25) is 0 Å². The van der Waals surface area contributed by atoms with Crippen LogP contribution >= 0.6 is 0 Å².